The summed E-state index contributed by atoms with van der Waals surface area (Å²) >= 11 is 0. The van der Waals surface area contributed by atoms with Crippen molar-refractivity contribution in [3.8, 4) is 0 Å². The Morgan fingerprint density at radius 3 is 2.54 bits per heavy atom. The molecule has 0 atom stereocenters. The van der Waals surface area contributed by atoms with E-state index in [1.807, 2.05) is 30.4 Å². The van der Waals surface area contributed by atoms with Crippen LogP contribution in [0.25, 0.3) is 11.6 Å². The Hall–Kier alpha value is -1.21. The van der Waals surface area contributed by atoms with Crippen molar-refractivity contribution in [1.82, 2.24) is 0 Å². The van der Waals surface area contributed by atoms with Crippen molar-refractivity contribution in [2.24, 2.45) is 4.99 Å². The first-order valence-corrected chi connectivity index (χ1v) is 7.06. The second-order valence-corrected chi connectivity index (χ2v) is 5.04. The predicted molar refractivity (Wildman–Crippen MR) is 86.6 cm³/mol. The van der Waals surface area contributed by atoms with Gasteiger partial charge in [0.15, 0.2) is 0 Å². The molecule has 1 heterocycles. The zero-order valence-electron chi connectivity index (χ0n) is 12.8. The van der Waals surface area contributed by atoms with Gasteiger partial charge in [0.05, 0.1) is 0 Å². The van der Waals surface area contributed by atoms with E-state index in [2.05, 4.69) is 53.6 Å². The fourth-order valence-electron chi connectivity index (χ4n) is 2.75. The smallest absolute Gasteiger partial charge is 1.00 e. The molecule has 116 valence electrons. The van der Waals surface area contributed by atoms with Gasteiger partial charge in [0.1, 0.15) is 0 Å². The number of benzene rings is 2. The first-order valence-electron chi connectivity index (χ1n) is 7.06. The standard InChI is InChI=1S/C15H8N.C5H5.2ClH.Zr/c1-2-6-11-10(5-1)9-14-15(11)12-7-3-4-8-13(12)16-14;1-2-4-5-3-1;;;/h1-6,8-9H;1-3H,4H2;2*1H;/q2*-1;;;+4/p-2. The Bertz CT molecular complexity index is 917. The third kappa shape index (κ3) is 3.88. The van der Waals surface area contributed by atoms with Crippen molar-refractivity contribution in [2.75, 3.05) is 0 Å². The van der Waals surface area contributed by atoms with E-state index < -0.39 is 0 Å². The van der Waals surface area contributed by atoms with E-state index in [9.17, 15) is 0 Å². The van der Waals surface area contributed by atoms with Crippen molar-refractivity contribution < 1.29 is 51.0 Å². The van der Waals surface area contributed by atoms with Crippen LogP contribution in [0.3, 0.4) is 0 Å². The minimum Gasteiger partial charge on any atom is -1.00 e. The summed E-state index contributed by atoms with van der Waals surface area (Å²) in [6, 6.07) is 17.7. The first kappa shape index (κ1) is 20.8. The van der Waals surface area contributed by atoms with Gasteiger partial charge in [0.2, 0.25) is 0 Å². The van der Waals surface area contributed by atoms with Crippen molar-refractivity contribution in [3.05, 3.63) is 88.8 Å². The Morgan fingerprint density at radius 1 is 1.00 bits per heavy atom. The zero-order valence-corrected chi connectivity index (χ0v) is 16.7. The quantitative estimate of drug-likeness (QED) is 0.393. The van der Waals surface area contributed by atoms with E-state index in [1.54, 1.807) is 0 Å². The van der Waals surface area contributed by atoms with E-state index in [-0.39, 0.29) is 51.0 Å². The molecule has 0 radical (unpaired) electrons. The van der Waals surface area contributed by atoms with Gasteiger partial charge in [-0.15, -0.1) is 36.2 Å². The van der Waals surface area contributed by atoms with Gasteiger partial charge in [-0.3, -0.25) is 6.08 Å². The zero-order chi connectivity index (χ0) is 14.1. The molecule has 1 nitrogen and oxygen atoms in total. The molecule has 0 spiro atoms. The molecule has 0 unspecified atom stereocenters. The average molecular weight is 429 g/mol. The summed E-state index contributed by atoms with van der Waals surface area (Å²) in [7, 11) is 0. The van der Waals surface area contributed by atoms with Gasteiger partial charge >= 0.3 is 26.2 Å². The van der Waals surface area contributed by atoms with Gasteiger partial charge in [0.25, 0.3) is 0 Å². The monoisotopic (exact) mass is 427 g/mol. The number of aliphatic imine (C=N–C) groups is 1. The fourth-order valence-corrected chi connectivity index (χ4v) is 2.75. The summed E-state index contributed by atoms with van der Waals surface area (Å²) in [6.07, 6.45) is 12.2. The van der Waals surface area contributed by atoms with Crippen LogP contribution in [0.15, 0.2) is 65.7 Å². The summed E-state index contributed by atoms with van der Waals surface area (Å²) in [4.78, 5) is 4.62. The van der Waals surface area contributed by atoms with Gasteiger partial charge in [-0.05, 0) is 17.0 Å². The van der Waals surface area contributed by atoms with Crippen LogP contribution >= 0.6 is 0 Å². The predicted octanol–water partition coefficient (Wildman–Crippen LogP) is -3.12. The first-order chi connectivity index (χ1) is 10.4. The van der Waals surface area contributed by atoms with Crippen LogP contribution in [0.5, 0.6) is 0 Å². The molecular formula is C20H13Cl2NZr. The maximum absolute atomic E-state index is 4.62. The molecule has 5 rings (SSSR count). The van der Waals surface area contributed by atoms with E-state index in [4.69, 9.17) is 0 Å². The summed E-state index contributed by atoms with van der Waals surface area (Å²) in [6.45, 7) is 0. The summed E-state index contributed by atoms with van der Waals surface area (Å²) in [5.41, 5.74) is 4.50. The van der Waals surface area contributed by atoms with Crippen LogP contribution in [0.2, 0.25) is 0 Å². The molecule has 1 aliphatic heterocycles. The molecule has 0 fully saturated rings. The van der Waals surface area contributed by atoms with Crippen molar-refractivity contribution in [3.63, 3.8) is 0 Å². The number of nitrogens with zero attached hydrogens (tertiary/aromatic N) is 1. The number of hydrogen-bond acceptors (Lipinski definition) is 1. The van der Waals surface area contributed by atoms with Gasteiger partial charge < -0.3 is 29.8 Å². The molecule has 0 N–H and O–H groups in total. The largest absolute Gasteiger partial charge is 4.00 e. The number of fused-ring (bicyclic) bond motifs is 4. The molecule has 2 aromatic rings. The molecule has 0 saturated heterocycles. The molecule has 0 aromatic heterocycles. The number of halogens is 2. The summed E-state index contributed by atoms with van der Waals surface area (Å²) in [5, 5.41) is 2.54. The molecule has 24 heavy (non-hydrogen) atoms. The average Bonchev–Trinajstić information content (AvgIpc) is 3.24. The van der Waals surface area contributed by atoms with Gasteiger partial charge in [-0.25, -0.2) is 12.2 Å². The van der Waals surface area contributed by atoms with E-state index in [0.717, 1.165) is 23.4 Å². The SMILES string of the molecule is [C-]1=CC=CC1.[Cl-].[Cl-].[Zr+4].[c-]1cccc2c1C1=c3ccccc3=CC1=N2. The normalized spacial score (nSPS) is 13.7. The Kier molecular flexibility index (Phi) is 8.09. The summed E-state index contributed by atoms with van der Waals surface area (Å²) in [5.74, 6) is 0. The van der Waals surface area contributed by atoms with Crippen LogP contribution < -0.4 is 35.3 Å². The minimum absolute atomic E-state index is 0. The van der Waals surface area contributed by atoms with Crippen LogP contribution in [-0.4, -0.2) is 5.71 Å². The molecule has 0 saturated carbocycles. The maximum Gasteiger partial charge on any atom is 4.00 e. The second-order valence-electron chi connectivity index (χ2n) is 5.04. The van der Waals surface area contributed by atoms with Gasteiger partial charge in [-0.1, -0.05) is 35.1 Å². The Morgan fingerprint density at radius 2 is 1.83 bits per heavy atom. The van der Waals surface area contributed by atoms with Crippen molar-refractivity contribution in [1.29, 1.82) is 0 Å². The molecule has 2 aliphatic carbocycles. The number of allylic oxidation sites excluding steroid dienone is 4. The third-order valence-electron chi connectivity index (χ3n) is 3.69. The number of rotatable bonds is 0. The minimum atomic E-state index is 0. The molecular weight excluding hydrogens is 416 g/mol. The van der Waals surface area contributed by atoms with Crippen LogP contribution in [0.4, 0.5) is 5.69 Å². The van der Waals surface area contributed by atoms with E-state index in [0.29, 0.717) is 0 Å². The molecule has 0 amide bonds. The van der Waals surface area contributed by atoms with E-state index >= 15 is 0 Å². The maximum atomic E-state index is 4.62. The van der Waals surface area contributed by atoms with Crippen LogP contribution in [0, 0.1) is 12.1 Å². The Balaban J connectivity index is 0.000000317. The van der Waals surface area contributed by atoms with Crippen LogP contribution in [0.1, 0.15) is 12.0 Å². The molecule has 3 aliphatic rings. The topological polar surface area (TPSA) is 12.4 Å². The van der Waals surface area contributed by atoms with E-state index in [1.165, 1.54) is 16.0 Å². The number of hydrogen-bond donors (Lipinski definition) is 0. The molecule has 0 bridgehead atoms. The molecule has 4 heteroatoms. The summed E-state index contributed by atoms with van der Waals surface area (Å²) < 4.78 is 0. The van der Waals surface area contributed by atoms with Crippen molar-refractivity contribution in [2.45, 2.75) is 6.42 Å². The second kappa shape index (κ2) is 9.32. The van der Waals surface area contributed by atoms with Gasteiger partial charge in [0, 0.05) is 5.71 Å². The fraction of sp³-hybridized carbons (Fsp3) is 0.0500. The third-order valence-corrected chi connectivity index (χ3v) is 3.69. The molecule has 2 aromatic carbocycles. The van der Waals surface area contributed by atoms with Gasteiger partial charge in [-0.2, -0.15) is 6.08 Å². The van der Waals surface area contributed by atoms with Crippen molar-refractivity contribution >= 4 is 23.0 Å². The Labute approximate surface area is 173 Å². The van der Waals surface area contributed by atoms with Crippen LogP contribution in [-0.2, 0) is 26.2 Å².